The summed E-state index contributed by atoms with van der Waals surface area (Å²) >= 11 is 14.2. The fraction of sp³-hybridized carbons (Fsp3) is 0.381. The van der Waals surface area contributed by atoms with E-state index < -0.39 is 11.9 Å². The topological polar surface area (TPSA) is 86.7 Å². The van der Waals surface area contributed by atoms with Gasteiger partial charge in [-0.1, -0.05) is 30.1 Å². The van der Waals surface area contributed by atoms with E-state index in [4.69, 9.17) is 28.3 Å². The first-order valence-electron chi connectivity index (χ1n) is 9.60. The zero-order valence-electron chi connectivity index (χ0n) is 16.4. The molecule has 1 saturated heterocycles. The van der Waals surface area contributed by atoms with Gasteiger partial charge in [-0.2, -0.15) is 0 Å². The van der Waals surface area contributed by atoms with Crippen molar-refractivity contribution in [2.24, 2.45) is 5.92 Å². The minimum Gasteiger partial charge on any atom is -0.481 e. The van der Waals surface area contributed by atoms with E-state index in [1.54, 1.807) is 11.0 Å². The Balaban J connectivity index is 1.54. The van der Waals surface area contributed by atoms with Crippen LogP contribution in [0, 0.1) is 5.92 Å². The molecule has 0 saturated carbocycles. The first-order valence-corrected chi connectivity index (χ1v) is 11.2. The van der Waals surface area contributed by atoms with Gasteiger partial charge in [0.05, 0.1) is 20.7 Å². The van der Waals surface area contributed by atoms with E-state index in [9.17, 15) is 14.4 Å². The van der Waals surface area contributed by atoms with Crippen LogP contribution in [-0.4, -0.2) is 46.9 Å². The first-order chi connectivity index (χ1) is 14.3. The van der Waals surface area contributed by atoms with Gasteiger partial charge in [-0.3, -0.25) is 14.4 Å². The molecule has 6 nitrogen and oxygen atoms in total. The van der Waals surface area contributed by atoms with Crippen molar-refractivity contribution in [2.45, 2.75) is 32.2 Å². The number of rotatable bonds is 6. The van der Waals surface area contributed by atoms with E-state index in [0.717, 1.165) is 10.1 Å². The van der Waals surface area contributed by atoms with Crippen LogP contribution >= 0.6 is 34.5 Å². The summed E-state index contributed by atoms with van der Waals surface area (Å²) in [5, 5.41) is 15.6. The highest BCUT2D eigenvalue weighted by Gasteiger charge is 2.24. The van der Waals surface area contributed by atoms with Crippen molar-refractivity contribution in [1.82, 2.24) is 10.2 Å². The molecule has 1 fully saturated rings. The molecule has 2 heterocycles. The summed E-state index contributed by atoms with van der Waals surface area (Å²) in [6, 6.07) is 3.81. The zero-order valence-corrected chi connectivity index (χ0v) is 18.7. The highest BCUT2D eigenvalue weighted by Crippen LogP contribution is 2.37. The highest BCUT2D eigenvalue weighted by atomic mass is 35.5. The Kier molecular flexibility index (Phi) is 7.39. The van der Waals surface area contributed by atoms with E-state index in [2.05, 4.69) is 5.32 Å². The second-order valence-electron chi connectivity index (χ2n) is 7.38. The molecule has 3 rings (SSSR count). The molecule has 2 amide bonds. The number of nitrogens with one attached hydrogen (secondary N) is 1. The minimum absolute atomic E-state index is 0.0466. The van der Waals surface area contributed by atoms with Crippen LogP contribution in [0.5, 0.6) is 0 Å². The molecule has 160 valence electrons. The van der Waals surface area contributed by atoms with Gasteiger partial charge < -0.3 is 15.3 Å². The van der Waals surface area contributed by atoms with Gasteiger partial charge in [-0.05, 0) is 47.4 Å². The van der Waals surface area contributed by atoms with Crippen molar-refractivity contribution < 1.29 is 19.5 Å². The predicted molar refractivity (Wildman–Crippen MR) is 120 cm³/mol. The van der Waals surface area contributed by atoms with Gasteiger partial charge in [0, 0.05) is 31.6 Å². The van der Waals surface area contributed by atoms with Crippen LogP contribution in [0.25, 0.3) is 16.2 Å². The standard InChI is InChI=1S/C21H22Cl2N2O4S/c1-12(21(28)29)10-16(26)24-15-4-7-25(8-5-15)17(27)3-2-13-11-14-6-9-30-20(14)19(23)18(13)22/h2-3,6,9,11-12,15H,4-5,7-8,10H2,1H3,(H,24,26)(H,28,29)/t12-/m1/s1. The molecule has 1 atom stereocenters. The van der Waals surface area contributed by atoms with E-state index in [1.165, 1.54) is 24.3 Å². The average Bonchev–Trinajstić information content (AvgIpc) is 3.18. The molecular weight excluding hydrogens is 447 g/mol. The number of amides is 2. The number of nitrogens with zero attached hydrogens (tertiary/aromatic N) is 1. The molecule has 0 spiro atoms. The maximum Gasteiger partial charge on any atom is 0.306 e. The lowest BCUT2D eigenvalue weighted by molar-refractivity contribution is -0.143. The Morgan fingerprint density at radius 2 is 2.00 bits per heavy atom. The van der Waals surface area contributed by atoms with Gasteiger partial charge in [0.15, 0.2) is 0 Å². The molecule has 1 aromatic carbocycles. The molecule has 0 aliphatic carbocycles. The number of carbonyl (C=O) groups is 3. The Labute approximate surface area is 188 Å². The number of carboxylic acids is 1. The lowest BCUT2D eigenvalue weighted by Crippen LogP contribution is -2.46. The largest absolute Gasteiger partial charge is 0.481 e. The molecule has 1 aromatic heterocycles. The summed E-state index contributed by atoms with van der Waals surface area (Å²) in [6.45, 7) is 2.53. The number of aliphatic carboxylic acids is 1. The zero-order chi connectivity index (χ0) is 21.8. The average molecular weight is 469 g/mol. The molecule has 0 radical (unpaired) electrons. The number of carbonyl (C=O) groups excluding carboxylic acids is 2. The summed E-state index contributed by atoms with van der Waals surface area (Å²) in [7, 11) is 0. The van der Waals surface area contributed by atoms with Crippen molar-refractivity contribution in [2.75, 3.05) is 13.1 Å². The summed E-state index contributed by atoms with van der Waals surface area (Å²) < 4.78 is 0.923. The van der Waals surface area contributed by atoms with Gasteiger partial charge in [-0.25, -0.2) is 0 Å². The van der Waals surface area contributed by atoms with Crippen LogP contribution in [0.2, 0.25) is 10.0 Å². The van der Waals surface area contributed by atoms with Crippen LogP contribution in [0.1, 0.15) is 31.7 Å². The van der Waals surface area contributed by atoms with Gasteiger partial charge in [0.1, 0.15) is 0 Å². The molecular formula is C21H22Cl2N2O4S. The Hall–Kier alpha value is -2.09. The number of likely N-dealkylation sites (tertiary alicyclic amines) is 1. The van der Waals surface area contributed by atoms with Crippen LogP contribution in [0.3, 0.4) is 0 Å². The Bertz CT molecular complexity index is 996. The third-order valence-corrected chi connectivity index (χ3v) is 7.08. The highest BCUT2D eigenvalue weighted by molar-refractivity contribution is 7.18. The molecule has 1 aliphatic heterocycles. The molecule has 1 aliphatic rings. The number of hydrogen-bond donors (Lipinski definition) is 2. The number of carboxylic acid groups (broad SMARTS) is 1. The van der Waals surface area contributed by atoms with Crippen molar-refractivity contribution in [3.05, 3.63) is 39.2 Å². The van der Waals surface area contributed by atoms with Gasteiger partial charge in [0.25, 0.3) is 0 Å². The SMILES string of the molecule is C[C@H](CC(=O)NC1CCN(C(=O)C=Cc2cc3ccsc3c(Cl)c2Cl)CC1)C(=O)O. The molecule has 0 unspecified atom stereocenters. The summed E-state index contributed by atoms with van der Waals surface area (Å²) in [4.78, 5) is 37.1. The predicted octanol–water partition coefficient (Wildman–Crippen LogP) is 4.44. The second kappa shape index (κ2) is 9.81. The van der Waals surface area contributed by atoms with Crippen LogP contribution in [-0.2, 0) is 14.4 Å². The van der Waals surface area contributed by atoms with Crippen molar-refractivity contribution >= 4 is 68.5 Å². The Morgan fingerprint density at radius 3 is 2.67 bits per heavy atom. The fourth-order valence-electron chi connectivity index (χ4n) is 3.35. The number of halogens is 2. The van der Waals surface area contributed by atoms with Crippen molar-refractivity contribution in [3.8, 4) is 0 Å². The second-order valence-corrected chi connectivity index (χ2v) is 9.05. The molecule has 9 heteroatoms. The van der Waals surface area contributed by atoms with E-state index >= 15 is 0 Å². The summed E-state index contributed by atoms with van der Waals surface area (Å²) in [5.74, 6) is -2.11. The van der Waals surface area contributed by atoms with Crippen LogP contribution in [0.15, 0.2) is 23.6 Å². The van der Waals surface area contributed by atoms with Crippen LogP contribution < -0.4 is 5.32 Å². The minimum atomic E-state index is -0.989. The van der Waals surface area contributed by atoms with Gasteiger partial charge >= 0.3 is 5.97 Å². The molecule has 2 N–H and O–H groups in total. The van der Waals surface area contributed by atoms with E-state index in [0.29, 0.717) is 41.5 Å². The number of piperidine rings is 1. The fourth-order valence-corrected chi connectivity index (χ4v) is 4.79. The van der Waals surface area contributed by atoms with E-state index in [-0.39, 0.29) is 24.3 Å². The quantitative estimate of drug-likeness (QED) is 0.613. The number of hydrogen-bond acceptors (Lipinski definition) is 4. The van der Waals surface area contributed by atoms with Gasteiger partial charge in [-0.15, -0.1) is 11.3 Å². The smallest absolute Gasteiger partial charge is 0.306 e. The van der Waals surface area contributed by atoms with Crippen LogP contribution in [0.4, 0.5) is 0 Å². The first kappa shape index (κ1) is 22.6. The lowest BCUT2D eigenvalue weighted by atomic mass is 10.0. The number of thiophene rings is 1. The molecule has 2 aromatic rings. The maximum absolute atomic E-state index is 12.5. The summed E-state index contributed by atoms with van der Waals surface area (Å²) in [6.07, 6.45) is 4.37. The lowest BCUT2D eigenvalue weighted by Gasteiger charge is -2.32. The normalized spacial score (nSPS) is 16.2. The maximum atomic E-state index is 12.5. The van der Waals surface area contributed by atoms with Gasteiger partial charge in [0.2, 0.25) is 11.8 Å². The monoisotopic (exact) mass is 468 g/mol. The third kappa shape index (κ3) is 5.33. The molecule has 0 bridgehead atoms. The van der Waals surface area contributed by atoms with Crippen molar-refractivity contribution in [3.63, 3.8) is 0 Å². The van der Waals surface area contributed by atoms with Crippen molar-refractivity contribution in [1.29, 1.82) is 0 Å². The Morgan fingerprint density at radius 1 is 1.30 bits per heavy atom. The summed E-state index contributed by atoms with van der Waals surface area (Å²) in [5.41, 5.74) is 0.690. The third-order valence-electron chi connectivity index (χ3n) is 5.14. The number of benzene rings is 1. The molecule has 30 heavy (non-hydrogen) atoms. The van der Waals surface area contributed by atoms with E-state index in [1.807, 2.05) is 17.5 Å². The number of fused-ring (bicyclic) bond motifs is 1.